The van der Waals surface area contributed by atoms with Gasteiger partial charge in [0.1, 0.15) is 11.4 Å². The zero-order valence-electron chi connectivity index (χ0n) is 14.1. The lowest BCUT2D eigenvalue weighted by Crippen LogP contribution is -2.27. The van der Waals surface area contributed by atoms with E-state index in [1.165, 1.54) is 22.2 Å². The van der Waals surface area contributed by atoms with Crippen molar-refractivity contribution < 1.29 is 4.79 Å². The van der Waals surface area contributed by atoms with Gasteiger partial charge in [0.15, 0.2) is 0 Å². The molecule has 0 fully saturated rings. The molecule has 0 saturated heterocycles. The number of aromatic nitrogens is 2. The fourth-order valence-corrected chi connectivity index (χ4v) is 3.90. The van der Waals surface area contributed by atoms with Crippen LogP contribution in [0.4, 0.5) is 5.69 Å². The van der Waals surface area contributed by atoms with Gasteiger partial charge in [0.05, 0.1) is 22.4 Å². The SMILES string of the molecule is O=C(Cn1cnc2sc(-c3ccccc3)cc2c1=O)Nc1ccccc1Cl. The summed E-state index contributed by atoms with van der Waals surface area (Å²) in [4.78, 5) is 31.0. The van der Waals surface area contributed by atoms with Crippen molar-refractivity contribution in [3.05, 3.63) is 82.4 Å². The fourth-order valence-electron chi connectivity index (χ4n) is 2.72. The number of hydrogen-bond donors (Lipinski definition) is 1. The van der Waals surface area contributed by atoms with Crippen LogP contribution in [-0.4, -0.2) is 15.5 Å². The van der Waals surface area contributed by atoms with Crippen molar-refractivity contribution in [2.75, 3.05) is 5.32 Å². The summed E-state index contributed by atoms with van der Waals surface area (Å²) in [6, 6.07) is 18.6. The third-order valence-electron chi connectivity index (χ3n) is 4.04. The van der Waals surface area contributed by atoms with Gasteiger partial charge >= 0.3 is 0 Å². The molecule has 134 valence electrons. The average molecular weight is 396 g/mol. The van der Waals surface area contributed by atoms with Gasteiger partial charge < -0.3 is 5.32 Å². The standard InChI is InChI=1S/C20H14ClN3O2S/c21-15-8-4-5-9-16(15)23-18(25)11-24-12-22-19-14(20(24)26)10-17(27-19)13-6-2-1-3-7-13/h1-10,12H,11H2,(H,23,25). The zero-order valence-corrected chi connectivity index (χ0v) is 15.6. The molecule has 2 heterocycles. The average Bonchev–Trinajstić information content (AvgIpc) is 3.12. The Morgan fingerprint density at radius 1 is 1.11 bits per heavy atom. The number of nitrogens with one attached hydrogen (secondary N) is 1. The van der Waals surface area contributed by atoms with Crippen molar-refractivity contribution in [3.63, 3.8) is 0 Å². The van der Waals surface area contributed by atoms with Crippen LogP contribution in [0.3, 0.4) is 0 Å². The van der Waals surface area contributed by atoms with E-state index in [1.54, 1.807) is 24.3 Å². The van der Waals surface area contributed by atoms with Gasteiger partial charge in [-0.15, -0.1) is 11.3 Å². The Balaban J connectivity index is 1.61. The molecule has 7 heteroatoms. The molecule has 0 bridgehead atoms. The number of fused-ring (bicyclic) bond motifs is 1. The molecule has 0 aliphatic rings. The lowest BCUT2D eigenvalue weighted by molar-refractivity contribution is -0.116. The van der Waals surface area contributed by atoms with E-state index in [0.717, 1.165) is 10.4 Å². The molecule has 0 aliphatic carbocycles. The molecule has 4 rings (SSSR count). The third-order valence-corrected chi connectivity index (χ3v) is 5.46. The van der Waals surface area contributed by atoms with E-state index in [2.05, 4.69) is 10.3 Å². The Hall–Kier alpha value is -2.96. The number of benzene rings is 2. The largest absolute Gasteiger partial charge is 0.323 e. The fraction of sp³-hybridized carbons (Fsp3) is 0.0500. The summed E-state index contributed by atoms with van der Waals surface area (Å²) in [5.74, 6) is -0.343. The molecule has 1 amide bonds. The number of carbonyl (C=O) groups excluding carboxylic acids is 1. The van der Waals surface area contributed by atoms with E-state index >= 15 is 0 Å². The molecule has 0 atom stereocenters. The predicted molar refractivity (Wildman–Crippen MR) is 109 cm³/mol. The van der Waals surface area contributed by atoms with Crippen LogP contribution in [-0.2, 0) is 11.3 Å². The monoisotopic (exact) mass is 395 g/mol. The number of nitrogens with zero attached hydrogens (tertiary/aromatic N) is 2. The molecule has 0 radical (unpaired) electrons. The lowest BCUT2D eigenvalue weighted by atomic mass is 10.2. The van der Waals surface area contributed by atoms with Gasteiger partial charge in [-0.2, -0.15) is 0 Å². The molecule has 2 aromatic heterocycles. The Morgan fingerprint density at radius 2 is 1.85 bits per heavy atom. The van der Waals surface area contributed by atoms with Gasteiger partial charge in [-0.1, -0.05) is 54.1 Å². The van der Waals surface area contributed by atoms with Gasteiger partial charge in [0.25, 0.3) is 5.56 Å². The van der Waals surface area contributed by atoms with Crippen LogP contribution >= 0.6 is 22.9 Å². The Kier molecular flexibility index (Phi) is 4.75. The smallest absolute Gasteiger partial charge is 0.262 e. The number of halogens is 1. The van der Waals surface area contributed by atoms with Crippen LogP contribution in [0.1, 0.15) is 0 Å². The zero-order chi connectivity index (χ0) is 18.8. The first kappa shape index (κ1) is 17.5. The molecule has 27 heavy (non-hydrogen) atoms. The summed E-state index contributed by atoms with van der Waals surface area (Å²) >= 11 is 7.50. The molecule has 0 spiro atoms. The number of rotatable bonds is 4. The third kappa shape index (κ3) is 3.63. The second kappa shape index (κ2) is 7.34. The first-order valence-electron chi connectivity index (χ1n) is 8.20. The summed E-state index contributed by atoms with van der Waals surface area (Å²) in [6.45, 7) is -0.135. The highest BCUT2D eigenvalue weighted by Crippen LogP contribution is 2.30. The molecular formula is C20H14ClN3O2S. The van der Waals surface area contributed by atoms with Gasteiger partial charge in [-0.3, -0.25) is 14.2 Å². The van der Waals surface area contributed by atoms with E-state index in [4.69, 9.17) is 11.6 Å². The molecule has 2 aromatic carbocycles. The van der Waals surface area contributed by atoms with Crippen molar-refractivity contribution in [1.82, 2.24) is 9.55 Å². The Bertz CT molecular complexity index is 1180. The quantitative estimate of drug-likeness (QED) is 0.556. The van der Waals surface area contributed by atoms with Gasteiger partial charge in [-0.25, -0.2) is 4.98 Å². The van der Waals surface area contributed by atoms with E-state index in [0.29, 0.717) is 20.9 Å². The predicted octanol–water partition coefficient (Wildman–Crippen LogP) is 4.42. The maximum absolute atomic E-state index is 12.8. The highest BCUT2D eigenvalue weighted by Gasteiger charge is 2.13. The minimum absolute atomic E-state index is 0.135. The van der Waals surface area contributed by atoms with Crippen molar-refractivity contribution in [2.24, 2.45) is 0 Å². The number of amides is 1. The topological polar surface area (TPSA) is 64.0 Å². The second-order valence-corrected chi connectivity index (χ2v) is 7.34. The van der Waals surface area contributed by atoms with E-state index in [-0.39, 0.29) is 18.0 Å². The minimum Gasteiger partial charge on any atom is -0.323 e. The van der Waals surface area contributed by atoms with Gasteiger partial charge in [0.2, 0.25) is 5.91 Å². The van der Waals surface area contributed by atoms with Crippen LogP contribution in [0.5, 0.6) is 0 Å². The van der Waals surface area contributed by atoms with Crippen molar-refractivity contribution in [3.8, 4) is 10.4 Å². The van der Waals surface area contributed by atoms with Crippen LogP contribution < -0.4 is 10.9 Å². The highest BCUT2D eigenvalue weighted by molar-refractivity contribution is 7.21. The molecule has 1 N–H and O–H groups in total. The van der Waals surface area contributed by atoms with Crippen LogP contribution in [0.15, 0.2) is 71.8 Å². The lowest BCUT2D eigenvalue weighted by Gasteiger charge is -2.08. The second-order valence-electron chi connectivity index (χ2n) is 5.90. The van der Waals surface area contributed by atoms with E-state index < -0.39 is 0 Å². The summed E-state index contributed by atoms with van der Waals surface area (Å²) < 4.78 is 1.30. The van der Waals surface area contributed by atoms with Crippen molar-refractivity contribution >= 4 is 44.7 Å². The van der Waals surface area contributed by atoms with Crippen LogP contribution in [0, 0.1) is 0 Å². The highest BCUT2D eigenvalue weighted by atomic mass is 35.5. The molecule has 0 saturated carbocycles. The summed E-state index contributed by atoms with van der Waals surface area (Å²) in [5, 5.41) is 3.66. The van der Waals surface area contributed by atoms with E-state index in [9.17, 15) is 9.59 Å². The Morgan fingerprint density at radius 3 is 2.63 bits per heavy atom. The van der Waals surface area contributed by atoms with E-state index in [1.807, 2.05) is 36.4 Å². The number of carbonyl (C=O) groups is 1. The maximum Gasteiger partial charge on any atom is 0.262 e. The molecule has 0 aliphatic heterocycles. The summed E-state index contributed by atoms with van der Waals surface area (Å²) in [5.41, 5.74) is 1.30. The van der Waals surface area contributed by atoms with Gasteiger partial charge in [0, 0.05) is 4.88 Å². The normalized spacial score (nSPS) is 10.9. The summed E-state index contributed by atoms with van der Waals surface area (Å²) in [7, 11) is 0. The number of hydrogen-bond acceptors (Lipinski definition) is 4. The minimum atomic E-state index is -0.343. The number of para-hydroxylation sites is 1. The number of thiophene rings is 1. The maximum atomic E-state index is 12.8. The molecule has 5 nitrogen and oxygen atoms in total. The first-order valence-corrected chi connectivity index (χ1v) is 9.40. The van der Waals surface area contributed by atoms with Crippen LogP contribution in [0.2, 0.25) is 5.02 Å². The van der Waals surface area contributed by atoms with Gasteiger partial charge in [-0.05, 0) is 23.8 Å². The van der Waals surface area contributed by atoms with Crippen LogP contribution in [0.25, 0.3) is 20.7 Å². The molecule has 0 unspecified atom stereocenters. The molecule has 4 aromatic rings. The van der Waals surface area contributed by atoms with Crippen molar-refractivity contribution in [1.29, 1.82) is 0 Å². The number of anilines is 1. The first-order chi connectivity index (χ1) is 13.1. The summed E-state index contributed by atoms with van der Waals surface area (Å²) in [6.07, 6.45) is 1.40. The van der Waals surface area contributed by atoms with Crippen molar-refractivity contribution in [2.45, 2.75) is 6.54 Å². The molecular weight excluding hydrogens is 382 g/mol. The Labute approximate surface area is 163 Å².